The number of ether oxygens (including phenoxy) is 2. The van der Waals surface area contributed by atoms with Crippen molar-refractivity contribution in [2.24, 2.45) is 0 Å². The summed E-state index contributed by atoms with van der Waals surface area (Å²) in [6.07, 6.45) is 3.56. The van der Waals surface area contributed by atoms with Gasteiger partial charge in [-0.15, -0.1) is 0 Å². The van der Waals surface area contributed by atoms with E-state index in [1.807, 2.05) is 11.8 Å². The van der Waals surface area contributed by atoms with Crippen LogP contribution in [0.4, 0.5) is 0 Å². The molecule has 0 aromatic carbocycles. The molecule has 6 heteroatoms. The van der Waals surface area contributed by atoms with Crippen LogP contribution in [0.15, 0.2) is 0 Å². The highest BCUT2D eigenvalue weighted by molar-refractivity contribution is 7.99. The van der Waals surface area contributed by atoms with Gasteiger partial charge in [-0.25, -0.2) is 0 Å². The zero-order chi connectivity index (χ0) is 14.2. The van der Waals surface area contributed by atoms with Gasteiger partial charge in [0.05, 0.1) is 19.3 Å². The van der Waals surface area contributed by atoms with Crippen LogP contribution >= 0.6 is 11.8 Å². The maximum atomic E-state index is 12.4. The largest absolute Gasteiger partial charge is 0.383 e. The number of methoxy groups -OCH3 is 1. The fraction of sp³-hybridized carbons (Fsp3) is 0.929. The van der Waals surface area contributed by atoms with Gasteiger partial charge in [-0.3, -0.25) is 4.79 Å². The Labute approximate surface area is 125 Å². The highest BCUT2D eigenvalue weighted by Crippen LogP contribution is 2.24. The van der Waals surface area contributed by atoms with Gasteiger partial charge in [0.25, 0.3) is 0 Å². The maximum absolute atomic E-state index is 12.4. The molecule has 0 aromatic rings. The van der Waals surface area contributed by atoms with Crippen molar-refractivity contribution in [3.8, 4) is 0 Å². The monoisotopic (exact) mass is 302 g/mol. The highest BCUT2D eigenvalue weighted by atomic mass is 32.2. The summed E-state index contributed by atoms with van der Waals surface area (Å²) in [6, 6.07) is 0.390. The van der Waals surface area contributed by atoms with Crippen molar-refractivity contribution < 1.29 is 14.3 Å². The number of rotatable bonds is 8. The Morgan fingerprint density at radius 1 is 1.50 bits per heavy atom. The molecule has 0 bridgehead atoms. The van der Waals surface area contributed by atoms with Crippen LogP contribution in [0.3, 0.4) is 0 Å². The molecule has 2 saturated heterocycles. The second-order valence-corrected chi connectivity index (χ2v) is 6.52. The molecule has 2 aliphatic rings. The minimum Gasteiger partial charge on any atom is -0.383 e. The van der Waals surface area contributed by atoms with E-state index < -0.39 is 0 Å². The first-order valence-electron chi connectivity index (χ1n) is 7.49. The summed E-state index contributed by atoms with van der Waals surface area (Å²) in [5.41, 5.74) is 0. The summed E-state index contributed by atoms with van der Waals surface area (Å²) in [6.45, 7) is 3.36. The zero-order valence-electron chi connectivity index (χ0n) is 12.3. The van der Waals surface area contributed by atoms with Gasteiger partial charge >= 0.3 is 0 Å². The minimum absolute atomic E-state index is 0.198. The number of carbonyl (C=O) groups excluding carboxylic acids is 1. The molecule has 2 rings (SSSR count). The number of hydrogen-bond donors (Lipinski definition) is 1. The van der Waals surface area contributed by atoms with Crippen LogP contribution in [0.1, 0.15) is 19.3 Å². The summed E-state index contributed by atoms with van der Waals surface area (Å²) in [7, 11) is 1.67. The second kappa shape index (κ2) is 8.87. The van der Waals surface area contributed by atoms with Crippen LogP contribution < -0.4 is 5.32 Å². The predicted molar refractivity (Wildman–Crippen MR) is 81.2 cm³/mol. The van der Waals surface area contributed by atoms with E-state index in [4.69, 9.17) is 9.47 Å². The smallest absolute Gasteiger partial charge is 0.236 e. The van der Waals surface area contributed by atoms with E-state index in [2.05, 4.69) is 10.2 Å². The van der Waals surface area contributed by atoms with Crippen LogP contribution in [0.2, 0.25) is 0 Å². The third-order valence-electron chi connectivity index (χ3n) is 3.85. The second-order valence-electron chi connectivity index (χ2n) is 5.37. The molecule has 2 atom stereocenters. The van der Waals surface area contributed by atoms with E-state index in [1.54, 1.807) is 7.11 Å². The first-order chi connectivity index (χ1) is 9.81. The van der Waals surface area contributed by atoms with Crippen LogP contribution in [0.5, 0.6) is 0 Å². The SMILES string of the molecule is COCCNCC(=O)N(CC1CCCO1)C1CCSC1. The van der Waals surface area contributed by atoms with E-state index >= 15 is 0 Å². The van der Waals surface area contributed by atoms with Crippen molar-refractivity contribution in [3.05, 3.63) is 0 Å². The lowest BCUT2D eigenvalue weighted by Gasteiger charge is -2.31. The molecule has 1 N–H and O–H groups in total. The van der Waals surface area contributed by atoms with Gasteiger partial charge in [0, 0.05) is 38.6 Å². The van der Waals surface area contributed by atoms with Crippen molar-refractivity contribution in [3.63, 3.8) is 0 Å². The summed E-state index contributed by atoms with van der Waals surface area (Å²) < 4.78 is 10.7. The fourth-order valence-electron chi connectivity index (χ4n) is 2.70. The molecule has 2 aliphatic heterocycles. The number of carbonyl (C=O) groups is 1. The quantitative estimate of drug-likeness (QED) is 0.670. The highest BCUT2D eigenvalue weighted by Gasteiger charge is 2.30. The zero-order valence-corrected chi connectivity index (χ0v) is 13.1. The van der Waals surface area contributed by atoms with E-state index in [0.29, 0.717) is 19.2 Å². The third-order valence-corrected chi connectivity index (χ3v) is 5.00. The molecule has 20 heavy (non-hydrogen) atoms. The molecule has 5 nitrogen and oxygen atoms in total. The molecule has 0 saturated carbocycles. The standard InChI is InChI=1S/C14H26N2O3S/c1-18-7-5-15-9-14(17)16(12-4-8-20-11-12)10-13-3-2-6-19-13/h12-13,15H,2-11H2,1H3. The van der Waals surface area contributed by atoms with Crippen LogP contribution in [0, 0.1) is 0 Å². The average Bonchev–Trinajstić information content (AvgIpc) is 3.13. The third kappa shape index (κ3) is 4.91. The Hall–Kier alpha value is -0.300. The fourth-order valence-corrected chi connectivity index (χ4v) is 3.93. The first-order valence-corrected chi connectivity index (χ1v) is 8.65. The van der Waals surface area contributed by atoms with Gasteiger partial charge in [-0.2, -0.15) is 11.8 Å². The van der Waals surface area contributed by atoms with Crippen molar-refractivity contribution in [2.75, 3.05) is 51.5 Å². The topological polar surface area (TPSA) is 50.8 Å². The lowest BCUT2D eigenvalue weighted by atomic mass is 10.1. The molecule has 0 aliphatic carbocycles. The van der Waals surface area contributed by atoms with Gasteiger partial charge in [0.1, 0.15) is 0 Å². The van der Waals surface area contributed by atoms with Gasteiger partial charge < -0.3 is 19.7 Å². The maximum Gasteiger partial charge on any atom is 0.236 e. The van der Waals surface area contributed by atoms with Crippen LogP contribution in [-0.2, 0) is 14.3 Å². The number of hydrogen-bond acceptors (Lipinski definition) is 5. The Bertz CT molecular complexity index is 292. The van der Waals surface area contributed by atoms with Crippen molar-refractivity contribution in [2.45, 2.75) is 31.4 Å². The molecular formula is C14H26N2O3S. The summed E-state index contributed by atoms with van der Waals surface area (Å²) in [5.74, 6) is 2.43. The van der Waals surface area contributed by atoms with Crippen LogP contribution in [-0.4, -0.2) is 74.4 Å². The molecular weight excluding hydrogens is 276 g/mol. The predicted octanol–water partition coefficient (Wildman–Crippen LogP) is 0.736. The average molecular weight is 302 g/mol. The lowest BCUT2D eigenvalue weighted by Crippen LogP contribution is -2.48. The lowest BCUT2D eigenvalue weighted by molar-refractivity contribution is -0.133. The number of thioether (sulfide) groups is 1. The number of amides is 1. The Balaban J connectivity index is 1.81. The van der Waals surface area contributed by atoms with E-state index in [1.165, 1.54) is 0 Å². The molecule has 116 valence electrons. The van der Waals surface area contributed by atoms with Crippen molar-refractivity contribution in [1.29, 1.82) is 0 Å². The van der Waals surface area contributed by atoms with Gasteiger partial charge in [-0.1, -0.05) is 0 Å². The van der Waals surface area contributed by atoms with Gasteiger partial charge in [0.2, 0.25) is 5.91 Å². The Morgan fingerprint density at radius 3 is 3.05 bits per heavy atom. The molecule has 2 unspecified atom stereocenters. The molecule has 0 radical (unpaired) electrons. The summed E-state index contributed by atoms with van der Waals surface area (Å²) in [4.78, 5) is 14.5. The number of nitrogens with zero attached hydrogens (tertiary/aromatic N) is 1. The molecule has 0 spiro atoms. The Kier molecular flexibility index (Phi) is 7.13. The Morgan fingerprint density at radius 2 is 2.40 bits per heavy atom. The van der Waals surface area contributed by atoms with Gasteiger partial charge in [0.15, 0.2) is 0 Å². The van der Waals surface area contributed by atoms with Crippen LogP contribution in [0.25, 0.3) is 0 Å². The normalized spacial score (nSPS) is 26.1. The van der Waals surface area contributed by atoms with E-state index in [9.17, 15) is 4.79 Å². The molecule has 2 heterocycles. The van der Waals surface area contributed by atoms with Crippen molar-refractivity contribution in [1.82, 2.24) is 10.2 Å². The van der Waals surface area contributed by atoms with Crippen molar-refractivity contribution >= 4 is 17.7 Å². The summed E-state index contributed by atoms with van der Waals surface area (Å²) >= 11 is 1.94. The molecule has 1 amide bonds. The van der Waals surface area contributed by atoms with E-state index in [0.717, 1.165) is 50.5 Å². The number of nitrogens with one attached hydrogen (secondary N) is 1. The summed E-state index contributed by atoms with van der Waals surface area (Å²) in [5, 5.41) is 3.15. The minimum atomic E-state index is 0.198. The van der Waals surface area contributed by atoms with E-state index in [-0.39, 0.29) is 12.0 Å². The molecule has 2 fully saturated rings. The molecule has 0 aromatic heterocycles. The van der Waals surface area contributed by atoms with Gasteiger partial charge in [-0.05, 0) is 25.0 Å². The first kappa shape index (κ1) is 16.1.